The van der Waals surface area contributed by atoms with Gasteiger partial charge in [-0.05, 0) is 56.0 Å². The van der Waals surface area contributed by atoms with Crippen LogP contribution in [0.1, 0.15) is 43.4 Å². The van der Waals surface area contributed by atoms with Crippen LogP contribution in [0, 0.1) is 12.7 Å². The molecule has 2 unspecified atom stereocenters. The van der Waals surface area contributed by atoms with E-state index in [0.29, 0.717) is 6.10 Å². The lowest BCUT2D eigenvalue weighted by Crippen LogP contribution is -2.25. The smallest absolute Gasteiger partial charge is 0.123 e. The topological polar surface area (TPSA) is 21.3 Å². The molecule has 100 valence electrons. The molecule has 0 aliphatic carbocycles. The average Bonchev–Trinajstić information content (AvgIpc) is 2.80. The van der Waals surface area contributed by atoms with E-state index >= 15 is 0 Å². The fraction of sp³-hybridized carbons (Fsp3) is 0.600. The highest BCUT2D eigenvalue weighted by atomic mass is 19.1. The van der Waals surface area contributed by atoms with E-state index in [9.17, 15) is 4.39 Å². The molecule has 0 saturated carbocycles. The second kappa shape index (κ2) is 6.30. The highest BCUT2D eigenvalue weighted by Crippen LogP contribution is 2.26. The molecule has 0 bridgehead atoms. The van der Waals surface area contributed by atoms with E-state index < -0.39 is 0 Å². The van der Waals surface area contributed by atoms with Crippen LogP contribution in [0.4, 0.5) is 4.39 Å². The number of rotatable bonds is 5. The van der Waals surface area contributed by atoms with E-state index in [1.165, 1.54) is 0 Å². The van der Waals surface area contributed by atoms with Gasteiger partial charge in [-0.2, -0.15) is 0 Å². The quantitative estimate of drug-likeness (QED) is 0.866. The average molecular weight is 251 g/mol. The zero-order chi connectivity index (χ0) is 13.0. The molecular formula is C15H22FNO. The van der Waals surface area contributed by atoms with E-state index in [4.69, 9.17) is 4.74 Å². The Morgan fingerprint density at radius 3 is 2.89 bits per heavy atom. The summed E-state index contributed by atoms with van der Waals surface area (Å²) in [5.41, 5.74) is 2.00. The van der Waals surface area contributed by atoms with Crippen molar-refractivity contribution in [2.24, 2.45) is 0 Å². The zero-order valence-electron chi connectivity index (χ0n) is 11.2. The zero-order valence-corrected chi connectivity index (χ0v) is 11.2. The summed E-state index contributed by atoms with van der Waals surface area (Å²) in [4.78, 5) is 0. The first-order chi connectivity index (χ1) is 8.69. The van der Waals surface area contributed by atoms with Crippen LogP contribution in [0.5, 0.6) is 0 Å². The Kier molecular flexibility index (Phi) is 4.72. The minimum atomic E-state index is -0.153. The lowest BCUT2D eigenvalue weighted by atomic mass is 9.97. The summed E-state index contributed by atoms with van der Waals surface area (Å²) in [6, 6.07) is 5.45. The van der Waals surface area contributed by atoms with Gasteiger partial charge in [0.15, 0.2) is 0 Å². The van der Waals surface area contributed by atoms with Crippen molar-refractivity contribution >= 4 is 0 Å². The summed E-state index contributed by atoms with van der Waals surface area (Å²) in [7, 11) is 0. The summed E-state index contributed by atoms with van der Waals surface area (Å²) in [5, 5.41) is 3.43. The standard InChI is InChI=1S/C15H22FNO/c1-3-17-15(10-14-5-4-6-18-14)12-7-11(2)8-13(16)9-12/h7-9,14-15,17H,3-6,10H2,1-2H3. The molecule has 0 amide bonds. The molecule has 18 heavy (non-hydrogen) atoms. The number of aryl methyl sites for hydroxylation is 1. The number of hydrogen-bond acceptors (Lipinski definition) is 2. The van der Waals surface area contributed by atoms with Gasteiger partial charge in [0.1, 0.15) is 5.82 Å². The second-order valence-corrected chi connectivity index (χ2v) is 5.04. The van der Waals surface area contributed by atoms with Crippen molar-refractivity contribution < 1.29 is 9.13 Å². The molecule has 2 atom stereocenters. The van der Waals surface area contributed by atoms with Crippen LogP contribution in [-0.4, -0.2) is 19.3 Å². The second-order valence-electron chi connectivity index (χ2n) is 5.04. The molecule has 3 heteroatoms. The largest absolute Gasteiger partial charge is 0.378 e. The number of halogens is 1. The van der Waals surface area contributed by atoms with Crippen molar-refractivity contribution in [2.75, 3.05) is 13.2 Å². The molecule has 1 aromatic rings. The minimum Gasteiger partial charge on any atom is -0.378 e. The van der Waals surface area contributed by atoms with Crippen molar-refractivity contribution in [2.45, 2.75) is 45.3 Å². The monoisotopic (exact) mass is 251 g/mol. The molecule has 2 rings (SSSR count). The predicted octanol–water partition coefficient (Wildman–Crippen LogP) is 3.35. The van der Waals surface area contributed by atoms with Crippen LogP contribution in [0.2, 0.25) is 0 Å². The highest BCUT2D eigenvalue weighted by molar-refractivity contribution is 5.26. The first kappa shape index (κ1) is 13.5. The molecule has 1 aliphatic heterocycles. The number of nitrogens with one attached hydrogen (secondary N) is 1. The van der Waals surface area contributed by atoms with Crippen LogP contribution in [0.25, 0.3) is 0 Å². The lowest BCUT2D eigenvalue weighted by Gasteiger charge is -2.22. The van der Waals surface area contributed by atoms with Gasteiger partial charge in [0, 0.05) is 12.6 Å². The summed E-state index contributed by atoms with van der Waals surface area (Å²) in [6.07, 6.45) is 3.51. The summed E-state index contributed by atoms with van der Waals surface area (Å²) < 4.78 is 19.2. The molecule has 1 aromatic carbocycles. The van der Waals surface area contributed by atoms with E-state index in [2.05, 4.69) is 18.3 Å². The minimum absolute atomic E-state index is 0.153. The van der Waals surface area contributed by atoms with Gasteiger partial charge in [0.05, 0.1) is 6.10 Å². The molecule has 1 heterocycles. The Balaban J connectivity index is 2.11. The molecule has 1 N–H and O–H groups in total. The van der Waals surface area contributed by atoms with Gasteiger partial charge >= 0.3 is 0 Å². The maximum Gasteiger partial charge on any atom is 0.123 e. The SMILES string of the molecule is CCNC(CC1CCCO1)c1cc(C)cc(F)c1. The van der Waals surface area contributed by atoms with Gasteiger partial charge in [0.2, 0.25) is 0 Å². The first-order valence-corrected chi connectivity index (χ1v) is 6.81. The van der Waals surface area contributed by atoms with E-state index in [-0.39, 0.29) is 11.9 Å². The third-order valence-corrected chi connectivity index (χ3v) is 3.44. The van der Waals surface area contributed by atoms with E-state index in [1.54, 1.807) is 12.1 Å². The van der Waals surface area contributed by atoms with Gasteiger partial charge in [0.25, 0.3) is 0 Å². The molecule has 2 nitrogen and oxygen atoms in total. The fourth-order valence-corrected chi connectivity index (χ4v) is 2.64. The molecule has 0 aromatic heterocycles. The van der Waals surface area contributed by atoms with Crippen molar-refractivity contribution in [3.8, 4) is 0 Å². The van der Waals surface area contributed by atoms with Gasteiger partial charge in [-0.1, -0.05) is 13.0 Å². The molecule has 1 aliphatic rings. The van der Waals surface area contributed by atoms with Crippen LogP contribution in [0.3, 0.4) is 0 Å². The van der Waals surface area contributed by atoms with Crippen molar-refractivity contribution in [3.05, 3.63) is 35.1 Å². The van der Waals surface area contributed by atoms with Crippen molar-refractivity contribution in [3.63, 3.8) is 0 Å². The Morgan fingerprint density at radius 2 is 2.28 bits per heavy atom. The molecule has 1 fully saturated rings. The Morgan fingerprint density at radius 1 is 1.44 bits per heavy atom. The summed E-state index contributed by atoms with van der Waals surface area (Å²) in [6.45, 7) is 5.76. The van der Waals surface area contributed by atoms with Gasteiger partial charge in [-0.25, -0.2) is 4.39 Å². The summed E-state index contributed by atoms with van der Waals surface area (Å²) >= 11 is 0. The normalized spacial score (nSPS) is 21.2. The third-order valence-electron chi connectivity index (χ3n) is 3.44. The van der Waals surface area contributed by atoms with Crippen molar-refractivity contribution in [1.82, 2.24) is 5.32 Å². The van der Waals surface area contributed by atoms with Crippen molar-refractivity contribution in [1.29, 1.82) is 0 Å². The Hall–Kier alpha value is -0.930. The van der Waals surface area contributed by atoms with E-state index in [0.717, 1.165) is 43.5 Å². The molecule has 1 saturated heterocycles. The summed E-state index contributed by atoms with van der Waals surface area (Å²) in [5.74, 6) is -0.153. The predicted molar refractivity (Wildman–Crippen MR) is 71.1 cm³/mol. The molecule has 0 spiro atoms. The fourth-order valence-electron chi connectivity index (χ4n) is 2.64. The van der Waals surface area contributed by atoms with E-state index in [1.807, 2.05) is 6.92 Å². The number of ether oxygens (including phenoxy) is 1. The maximum atomic E-state index is 13.5. The lowest BCUT2D eigenvalue weighted by molar-refractivity contribution is 0.0947. The highest BCUT2D eigenvalue weighted by Gasteiger charge is 2.21. The Bertz CT molecular complexity index is 368. The van der Waals surface area contributed by atoms with Crippen LogP contribution in [0.15, 0.2) is 18.2 Å². The third kappa shape index (κ3) is 3.53. The van der Waals surface area contributed by atoms with Crippen LogP contribution < -0.4 is 5.32 Å². The Labute approximate surface area is 109 Å². The first-order valence-electron chi connectivity index (χ1n) is 6.81. The van der Waals surface area contributed by atoms with Crippen LogP contribution >= 0.6 is 0 Å². The number of benzene rings is 1. The van der Waals surface area contributed by atoms with Gasteiger partial charge in [-0.15, -0.1) is 0 Å². The molecule has 0 radical (unpaired) electrons. The van der Waals surface area contributed by atoms with Crippen LogP contribution in [-0.2, 0) is 4.74 Å². The number of hydrogen-bond donors (Lipinski definition) is 1. The van der Waals surface area contributed by atoms with Gasteiger partial charge in [-0.3, -0.25) is 0 Å². The van der Waals surface area contributed by atoms with Gasteiger partial charge < -0.3 is 10.1 Å². The maximum absolute atomic E-state index is 13.5. The molecular weight excluding hydrogens is 229 g/mol.